The second-order valence-electron chi connectivity index (χ2n) is 6.97. The van der Waals surface area contributed by atoms with Gasteiger partial charge < -0.3 is 19.5 Å². The van der Waals surface area contributed by atoms with Gasteiger partial charge in [0.2, 0.25) is 0 Å². The number of aromatic nitrogens is 2. The Hall–Kier alpha value is -4.39. The van der Waals surface area contributed by atoms with Crippen molar-refractivity contribution in [3.63, 3.8) is 0 Å². The number of benzene rings is 3. The molecule has 5 aromatic rings. The summed E-state index contributed by atoms with van der Waals surface area (Å²) in [4.78, 5) is 31.4. The van der Waals surface area contributed by atoms with Crippen LogP contribution in [-0.4, -0.2) is 22.5 Å². The van der Waals surface area contributed by atoms with Crippen LogP contribution >= 0.6 is 0 Å². The number of amides is 1. The molecule has 1 amide bonds. The highest BCUT2D eigenvalue weighted by Crippen LogP contribution is 2.22. The van der Waals surface area contributed by atoms with Crippen molar-refractivity contribution in [2.24, 2.45) is 0 Å². The Morgan fingerprint density at radius 1 is 1.00 bits per heavy atom. The average molecular weight is 411 g/mol. The summed E-state index contributed by atoms with van der Waals surface area (Å²) in [6, 6.07) is 23.3. The Kier molecular flexibility index (Phi) is 4.68. The van der Waals surface area contributed by atoms with Crippen LogP contribution in [0.1, 0.15) is 0 Å². The number of nitrogens with one attached hydrogen (secondary N) is 2. The van der Waals surface area contributed by atoms with Gasteiger partial charge in [-0.1, -0.05) is 12.1 Å². The van der Waals surface area contributed by atoms with Gasteiger partial charge in [0.25, 0.3) is 5.91 Å². The standard InChI is InChI=1S/C24H17N3O4/c28-22(14-30-18-11-7-15-8-12-23(29)31-21(15)13-18)25-17-9-5-16(6-10-17)24-26-19-3-1-2-4-20(19)27-24/h1-13H,14H2,(H,25,28)(H,26,27). The van der Waals surface area contributed by atoms with Gasteiger partial charge in [-0.3, -0.25) is 4.79 Å². The first kappa shape index (κ1) is 18.6. The van der Waals surface area contributed by atoms with Crippen LogP contribution < -0.4 is 15.7 Å². The van der Waals surface area contributed by atoms with Crippen LogP contribution in [0.2, 0.25) is 0 Å². The molecule has 0 radical (unpaired) electrons. The van der Waals surface area contributed by atoms with Gasteiger partial charge in [0.05, 0.1) is 11.0 Å². The second-order valence-corrected chi connectivity index (χ2v) is 6.97. The van der Waals surface area contributed by atoms with Gasteiger partial charge in [0.1, 0.15) is 17.2 Å². The van der Waals surface area contributed by atoms with Crippen LogP contribution in [0.3, 0.4) is 0 Å². The Morgan fingerprint density at radius 3 is 2.65 bits per heavy atom. The topological polar surface area (TPSA) is 97.2 Å². The van der Waals surface area contributed by atoms with Crippen molar-refractivity contribution in [3.05, 3.63) is 89.3 Å². The fraction of sp³-hybridized carbons (Fsp3) is 0.0417. The lowest BCUT2D eigenvalue weighted by Gasteiger charge is -2.08. The van der Waals surface area contributed by atoms with E-state index in [4.69, 9.17) is 9.15 Å². The lowest BCUT2D eigenvalue weighted by atomic mass is 10.2. The highest BCUT2D eigenvalue weighted by molar-refractivity contribution is 5.92. The molecule has 2 N–H and O–H groups in total. The number of rotatable bonds is 5. The Labute approximate surface area is 176 Å². The third-order valence-corrected chi connectivity index (χ3v) is 4.80. The summed E-state index contributed by atoms with van der Waals surface area (Å²) in [5.41, 5.74) is 3.42. The third-order valence-electron chi connectivity index (χ3n) is 4.80. The van der Waals surface area contributed by atoms with Crippen LogP contribution in [0.5, 0.6) is 5.75 Å². The zero-order valence-corrected chi connectivity index (χ0v) is 16.3. The van der Waals surface area contributed by atoms with E-state index in [-0.39, 0.29) is 12.5 Å². The van der Waals surface area contributed by atoms with E-state index in [1.165, 1.54) is 6.07 Å². The zero-order valence-electron chi connectivity index (χ0n) is 16.3. The number of para-hydroxylation sites is 2. The summed E-state index contributed by atoms with van der Waals surface area (Å²) < 4.78 is 10.7. The lowest BCUT2D eigenvalue weighted by molar-refractivity contribution is -0.118. The van der Waals surface area contributed by atoms with Gasteiger partial charge in [-0.15, -0.1) is 0 Å². The minimum absolute atomic E-state index is 0.173. The largest absolute Gasteiger partial charge is 0.484 e. The highest BCUT2D eigenvalue weighted by Gasteiger charge is 2.08. The van der Waals surface area contributed by atoms with Crippen molar-refractivity contribution in [2.75, 3.05) is 11.9 Å². The number of anilines is 1. The average Bonchev–Trinajstić information content (AvgIpc) is 3.22. The van der Waals surface area contributed by atoms with E-state index in [1.807, 2.05) is 48.5 Å². The van der Waals surface area contributed by atoms with Gasteiger partial charge in [0, 0.05) is 28.8 Å². The van der Waals surface area contributed by atoms with Crippen LogP contribution in [0.25, 0.3) is 33.4 Å². The SMILES string of the molecule is O=C(COc1ccc2ccc(=O)oc2c1)Nc1ccc(-c2nc3ccccc3[nH]2)cc1. The Morgan fingerprint density at radius 2 is 1.81 bits per heavy atom. The van der Waals surface area contributed by atoms with Crippen LogP contribution in [0, 0.1) is 0 Å². The number of hydrogen-bond acceptors (Lipinski definition) is 5. The molecule has 0 spiro atoms. The lowest BCUT2D eigenvalue weighted by Crippen LogP contribution is -2.20. The van der Waals surface area contributed by atoms with Crippen molar-refractivity contribution < 1.29 is 13.9 Å². The molecule has 0 aliphatic heterocycles. The maximum absolute atomic E-state index is 12.2. The first-order valence-corrected chi connectivity index (χ1v) is 9.66. The molecule has 7 nitrogen and oxygen atoms in total. The van der Waals surface area contributed by atoms with Crippen LogP contribution in [-0.2, 0) is 4.79 Å². The molecule has 0 aliphatic carbocycles. The molecule has 0 atom stereocenters. The highest BCUT2D eigenvalue weighted by atomic mass is 16.5. The normalized spacial score (nSPS) is 11.0. The van der Waals surface area contributed by atoms with Crippen LogP contribution in [0.4, 0.5) is 5.69 Å². The van der Waals surface area contributed by atoms with E-state index in [1.54, 1.807) is 24.3 Å². The van der Waals surface area contributed by atoms with Gasteiger partial charge in [0.15, 0.2) is 6.61 Å². The van der Waals surface area contributed by atoms with Crippen LogP contribution in [0.15, 0.2) is 88.1 Å². The first-order chi connectivity index (χ1) is 15.1. The summed E-state index contributed by atoms with van der Waals surface area (Å²) in [6.45, 7) is -0.173. The van der Waals surface area contributed by atoms with E-state index in [2.05, 4.69) is 15.3 Å². The third kappa shape index (κ3) is 4.02. The molecular formula is C24H17N3O4. The van der Waals surface area contributed by atoms with Crippen molar-refractivity contribution in [1.29, 1.82) is 0 Å². The molecule has 0 bridgehead atoms. The van der Waals surface area contributed by atoms with E-state index < -0.39 is 5.63 Å². The van der Waals surface area contributed by atoms with Gasteiger partial charge in [-0.25, -0.2) is 9.78 Å². The predicted molar refractivity (Wildman–Crippen MR) is 118 cm³/mol. The second kappa shape index (κ2) is 7.79. The number of carbonyl (C=O) groups is 1. The van der Waals surface area contributed by atoms with Crippen molar-refractivity contribution in [3.8, 4) is 17.1 Å². The number of imidazole rings is 1. The molecule has 2 heterocycles. The summed E-state index contributed by atoms with van der Waals surface area (Å²) >= 11 is 0. The van der Waals surface area contributed by atoms with Gasteiger partial charge in [-0.2, -0.15) is 0 Å². The first-order valence-electron chi connectivity index (χ1n) is 9.66. The fourth-order valence-corrected chi connectivity index (χ4v) is 3.28. The smallest absolute Gasteiger partial charge is 0.336 e. The molecule has 7 heteroatoms. The number of carbonyl (C=O) groups excluding carboxylic acids is 1. The molecule has 0 aliphatic rings. The predicted octanol–water partition coefficient (Wildman–Crippen LogP) is 4.35. The molecular weight excluding hydrogens is 394 g/mol. The molecule has 0 unspecified atom stereocenters. The number of fused-ring (bicyclic) bond motifs is 2. The molecule has 152 valence electrons. The van der Waals surface area contributed by atoms with Gasteiger partial charge in [-0.05, 0) is 54.6 Å². The van der Waals surface area contributed by atoms with E-state index in [0.717, 1.165) is 27.8 Å². The molecule has 2 aromatic heterocycles. The molecule has 0 fully saturated rings. The fourth-order valence-electron chi connectivity index (χ4n) is 3.28. The summed E-state index contributed by atoms with van der Waals surface area (Å²) in [7, 11) is 0. The minimum Gasteiger partial charge on any atom is -0.484 e. The maximum atomic E-state index is 12.2. The summed E-state index contributed by atoms with van der Waals surface area (Å²) in [6.07, 6.45) is 0. The molecule has 0 saturated carbocycles. The van der Waals surface area contributed by atoms with Gasteiger partial charge >= 0.3 is 5.63 Å². The number of aromatic amines is 1. The van der Waals surface area contributed by atoms with Crippen molar-refractivity contribution in [2.45, 2.75) is 0 Å². The van der Waals surface area contributed by atoms with E-state index in [0.29, 0.717) is 17.0 Å². The van der Waals surface area contributed by atoms with E-state index >= 15 is 0 Å². The maximum Gasteiger partial charge on any atom is 0.336 e. The molecule has 5 rings (SSSR count). The molecule has 0 saturated heterocycles. The minimum atomic E-state index is -0.437. The Bertz CT molecular complexity index is 1420. The number of hydrogen-bond donors (Lipinski definition) is 2. The van der Waals surface area contributed by atoms with E-state index in [9.17, 15) is 9.59 Å². The summed E-state index contributed by atoms with van der Waals surface area (Å²) in [5, 5.41) is 3.57. The number of H-pyrrole nitrogens is 1. The van der Waals surface area contributed by atoms with Crippen molar-refractivity contribution >= 4 is 33.6 Å². The van der Waals surface area contributed by atoms with Crippen molar-refractivity contribution in [1.82, 2.24) is 9.97 Å². The summed E-state index contributed by atoms with van der Waals surface area (Å²) in [5.74, 6) is 0.911. The monoisotopic (exact) mass is 411 g/mol. The number of ether oxygens (including phenoxy) is 1. The molecule has 3 aromatic carbocycles. The quantitative estimate of drug-likeness (QED) is 0.419. The molecule has 31 heavy (non-hydrogen) atoms. The number of nitrogens with zero attached hydrogens (tertiary/aromatic N) is 1. The Balaban J connectivity index is 1.23. The zero-order chi connectivity index (χ0) is 21.2.